The van der Waals surface area contributed by atoms with E-state index in [1.54, 1.807) is 11.3 Å². The normalized spacial score (nSPS) is 27.1. The predicted molar refractivity (Wildman–Crippen MR) is 69.7 cm³/mol. The van der Waals surface area contributed by atoms with E-state index in [4.69, 9.17) is 5.73 Å². The molecule has 0 amide bonds. The van der Waals surface area contributed by atoms with E-state index in [-0.39, 0.29) is 0 Å². The van der Waals surface area contributed by atoms with E-state index in [1.165, 1.54) is 19.4 Å². The van der Waals surface area contributed by atoms with Crippen LogP contribution < -0.4 is 5.73 Å². The zero-order valence-corrected chi connectivity index (χ0v) is 11.0. The lowest BCUT2D eigenvalue weighted by Crippen LogP contribution is -2.42. The number of hydrogen-bond acceptors (Lipinski definition) is 4. The standard InChI is InChI=1S/C12H21N3S/c1-9-3-4-10(2)15(7-9)6-5-11-8-16-12(13)14-11/h8-10H,3-7H2,1-2H3,(H2,13,14). The molecule has 1 aliphatic rings. The van der Waals surface area contributed by atoms with Gasteiger partial charge in [0.25, 0.3) is 0 Å². The van der Waals surface area contributed by atoms with Crippen molar-refractivity contribution in [1.82, 2.24) is 9.88 Å². The second-order valence-electron chi connectivity index (χ2n) is 4.95. The van der Waals surface area contributed by atoms with Gasteiger partial charge in [0.2, 0.25) is 0 Å². The molecular formula is C12H21N3S. The van der Waals surface area contributed by atoms with Crippen molar-refractivity contribution in [3.8, 4) is 0 Å². The zero-order valence-electron chi connectivity index (χ0n) is 10.1. The average Bonchev–Trinajstić information content (AvgIpc) is 2.66. The van der Waals surface area contributed by atoms with Gasteiger partial charge in [-0.2, -0.15) is 0 Å². The summed E-state index contributed by atoms with van der Waals surface area (Å²) in [6.45, 7) is 7.04. The third kappa shape index (κ3) is 2.95. The van der Waals surface area contributed by atoms with Crippen LogP contribution in [0.15, 0.2) is 5.38 Å². The Balaban J connectivity index is 1.84. The summed E-state index contributed by atoms with van der Waals surface area (Å²) in [6, 6.07) is 0.729. The summed E-state index contributed by atoms with van der Waals surface area (Å²) in [7, 11) is 0. The molecular weight excluding hydrogens is 218 g/mol. The molecule has 1 aromatic rings. The van der Waals surface area contributed by atoms with Crippen molar-refractivity contribution in [3.05, 3.63) is 11.1 Å². The lowest BCUT2D eigenvalue weighted by molar-refractivity contribution is 0.126. The molecule has 1 saturated heterocycles. The first-order valence-electron chi connectivity index (χ1n) is 6.09. The van der Waals surface area contributed by atoms with Crippen LogP contribution in [-0.4, -0.2) is 29.0 Å². The Bertz CT molecular complexity index is 337. The first-order chi connectivity index (χ1) is 7.65. The molecule has 0 aromatic carbocycles. The van der Waals surface area contributed by atoms with E-state index in [0.717, 1.165) is 30.6 Å². The minimum atomic E-state index is 0.690. The minimum Gasteiger partial charge on any atom is -0.375 e. The molecule has 90 valence electrons. The maximum absolute atomic E-state index is 5.63. The smallest absolute Gasteiger partial charge is 0.180 e. The Morgan fingerprint density at radius 3 is 3.00 bits per heavy atom. The molecule has 0 spiro atoms. The summed E-state index contributed by atoms with van der Waals surface area (Å²) in [5.74, 6) is 0.844. The quantitative estimate of drug-likeness (QED) is 0.880. The number of aromatic nitrogens is 1. The summed E-state index contributed by atoms with van der Waals surface area (Å²) in [5, 5.41) is 2.77. The molecule has 16 heavy (non-hydrogen) atoms. The average molecular weight is 239 g/mol. The number of nitrogens with two attached hydrogens (primary N) is 1. The Kier molecular flexibility index (Phi) is 3.82. The number of likely N-dealkylation sites (tertiary alicyclic amines) is 1. The molecule has 1 fully saturated rings. The Hall–Kier alpha value is -0.610. The maximum atomic E-state index is 5.63. The van der Waals surface area contributed by atoms with Gasteiger partial charge in [-0.3, -0.25) is 0 Å². The third-order valence-corrected chi connectivity index (χ3v) is 4.19. The van der Waals surface area contributed by atoms with Crippen molar-refractivity contribution < 1.29 is 0 Å². The van der Waals surface area contributed by atoms with E-state index in [9.17, 15) is 0 Å². The van der Waals surface area contributed by atoms with Crippen molar-refractivity contribution in [2.24, 2.45) is 5.92 Å². The lowest BCUT2D eigenvalue weighted by atomic mass is 9.95. The van der Waals surface area contributed by atoms with Gasteiger partial charge >= 0.3 is 0 Å². The van der Waals surface area contributed by atoms with Crippen LogP contribution in [0, 0.1) is 5.92 Å². The Labute approximate surface area is 102 Å². The second kappa shape index (κ2) is 5.15. The highest BCUT2D eigenvalue weighted by Crippen LogP contribution is 2.21. The molecule has 2 rings (SSSR count). The largest absolute Gasteiger partial charge is 0.375 e. The molecule has 0 aliphatic carbocycles. The first kappa shape index (κ1) is 11.9. The molecule has 0 radical (unpaired) electrons. The van der Waals surface area contributed by atoms with E-state index in [2.05, 4.69) is 29.1 Å². The fourth-order valence-corrected chi connectivity index (χ4v) is 2.98. The minimum absolute atomic E-state index is 0.690. The van der Waals surface area contributed by atoms with Gasteiger partial charge in [0.15, 0.2) is 5.13 Å². The molecule has 0 bridgehead atoms. The molecule has 2 heterocycles. The van der Waals surface area contributed by atoms with Gasteiger partial charge in [-0.25, -0.2) is 4.98 Å². The molecule has 2 atom stereocenters. The maximum Gasteiger partial charge on any atom is 0.180 e. The van der Waals surface area contributed by atoms with Crippen LogP contribution in [-0.2, 0) is 6.42 Å². The Morgan fingerprint density at radius 2 is 2.31 bits per heavy atom. The van der Waals surface area contributed by atoms with Gasteiger partial charge in [-0.15, -0.1) is 11.3 Å². The molecule has 1 aliphatic heterocycles. The van der Waals surface area contributed by atoms with Gasteiger partial charge in [-0.1, -0.05) is 6.92 Å². The van der Waals surface area contributed by atoms with Crippen LogP contribution in [0.1, 0.15) is 32.4 Å². The Morgan fingerprint density at radius 1 is 1.50 bits per heavy atom. The number of piperidine rings is 1. The van der Waals surface area contributed by atoms with Gasteiger partial charge in [0.1, 0.15) is 0 Å². The first-order valence-corrected chi connectivity index (χ1v) is 6.97. The third-order valence-electron chi connectivity index (χ3n) is 3.47. The van der Waals surface area contributed by atoms with Gasteiger partial charge < -0.3 is 10.6 Å². The fourth-order valence-electron chi connectivity index (χ4n) is 2.39. The van der Waals surface area contributed by atoms with Crippen LogP contribution >= 0.6 is 11.3 Å². The van der Waals surface area contributed by atoms with Crippen molar-refractivity contribution in [3.63, 3.8) is 0 Å². The summed E-state index contributed by atoms with van der Waals surface area (Å²) in [4.78, 5) is 6.90. The van der Waals surface area contributed by atoms with Crippen molar-refractivity contribution in [1.29, 1.82) is 0 Å². The van der Waals surface area contributed by atoms with Crippen molar-refractivity contribution >= 4 is 16.5 Å². The molecule has 4 heteroatoms. The van der Waals surface area contributed by atoms with Crippen molar-refractivity contribution in [2.75, 3.05) is 18.8 Å². The molecule has 0 saturated carbocycles. The molecule has 3 nitrogen and oxygen atoms in total. The van der Waals surface area contributed by atoms with Gasteiger partial charge in [0.05, 0.1) is 5.69 Å². The second-order valence-corrected chi connectivity index (χ2v) is 5.84. The molecule has 2 unspecified atom stereocenters. The summed E-state index contributed by atoms with van der Waals surface area (Å²) >= 11 is 1.54. The number of anilines is 1. The number of rotatable bonds is 3. The van der Waals surface area contributed by atoms with Crippen LogP contribution in [0.5, 0.6) is 0 Å². The fraction of sp³-hybridized carbons (Fsp3) is 0.750. The summed E-state index contributed by atoms with van der Waals surface area (Å²) < 4.78 is 0. The highest BCUT2D eigenvalue weighted by atomic mass is 32.1. The summed E-state index contributed by atoms with van der Waals surface area (Å²) in [5.41, 5.74) is 6.78. The summed E-state index contributed by atoms with van der Waals surface area (Å²) in [6.07, 6.45) is 3.74. The van der Waals surface area contributed by atoms with Gasteiger partial charge in [-0.05, 0) is 25.7 Å². The highest BCUT2D eigenvalue weighted by molar-refractivity contribution is 7.13. The van der Waals surface area contributed by atoms with E-state index >= 15 is 0 Å². The number of nitrogens with zero attached hydrogens (tertiary/aromatic N) is 2. The SMILES string of the molecule is CC1CCC(C)N(CCc2csc(N)n2)C1. The monoisotopic (exact) mass is 239 g/mol. The van der Waals surface area contributed by atoms with Crippen LogP contribution in [0.25, 0.3) is 0 Å². The molecule has 2 N–H and O–H groups in total. The molecule has 1 aromatic heterocycles. The van der Waals surface area contributed by atoms with Crippen LogP contribution in [0.3, 0.4) is 0 Å². The van der Waals surface area contributed by atoms with Crippen LogP contribution in [0.4, 0.5) is 5.13 Å². The topological polar surface area (TPSA) is 42.1 Å². The highest BCUT2D eigenvalue weighted by Gasteiger charge is 2.22. The van der Waals surface area contributed by atoms with Crippen LogP contribution in [0.2, 0.25) is 0 Å². The zero-order chi connectivity index (χ0) is 11.5. The van der Waals surface area contributed by atoms with E-state index in [0.29, 0.717) is 5.13 Å². The number of thiazole rings is 1. The van der Waals surface area contributed by atoms with E-state index < -0.39 is 0 Å². The van der Waals surface area contributed by atoms with E-state index in [1.807, 2.05) is 0 Å². The lowest BCUT2D eigenvalue weighted by Gasteiger charge is -2.36. The van der Waals surface area contributed by atoms with Crippen molar-refractivity contribution in [2.45, 2.75) is 39.2 Å². The number of hydrogen-bond donors (Lipinski definition) is 1. The van der Waals surface area contributed by atoms with Gasteiger partial charge in [0, 0.05) is 30.9 Å². The number of nitrogen functional groups attached to an aromatic ring is 1. The predicted octanol–water partition coefficient (Wildman–Crippen LogP) is 2.39.